The summed E-state index contributed by atoms with van der Waals surface area (Å²) in [6, 6.07) is 10.3. The van der Waals surface area contributed by atoms with Crippen molar-refractivity contribution in [2.75, 3.05) is 5.32 Å². The lowest BCUT2D eigenvalue weighted by molar-refractivity contribution is 0.404. The molecular weight excluding hydrogens is 198 g/mol. The van der Waals surface area contributed by atoms with Crippen molar-refractivity contribution in [3.8, 4) is 6.07 Å². The topological polar surface area (TPSA) is 61.8 Å². The third-order valence-corrected chi connectivity index (χ3v) is 3.19. The second-order valence-electron chi connectivity index (χ2n) is 4.39. The number of rotatable bonds is 2. The summed E-state index contributed by atoms with van der Waals surface area (Å²) >= 11 is 0. The molecule has 0 aromatic heterocycles. The Labute approximate surface area is 96.3 Å². The van der Waals surface area contributed by atoms with Crippen LogP contribution in [0.1, 0.15) is 31.2 Å². The van der Waals surface area contributed by atoms with Crippen LogP contribution in [0.5, 0.6) is 0 Å². The van der Waals surface area contributed by atoms with E-state index in [0.29, 0.717) is 11.6 Å². The first-order valence-electron chi connectivity index (χ1n) is 5.82. The number of nitriles is 1. The van der Waals surface area contributed by atoms with Crippen LogP contribution in [0.3, 0.4) is 0 Å². The Balaban J connectivity index is 2.00. The Morgan fingerprint density at radius 1 is 1.19 bits per heavy atom. The van der Waals surface area contributed by atoms with Gasteiger partial charge in [-0.05, 0) is 37.1 Å². The van der Waals surface area contributed by atoms with Gasteiger partial charge >= 0.3 is 0 Å². The molecule has 1 fully saturated rings. The molecule has 1 aliphatic carbocycles. The molecule has 0 spiro atoms. The lowest BCUT2D eigenvalue weighted by atomic mass is 9.91. The van der Waals surface area contributed by atoms with Crippen LogP contribution < -0.4 is 11.1 Å². The summed E-state index contributed by atoms with van der Waals surface area (Å²) in [5, 5.41) is 12.1. The average Bonchev–Trinajstić information content (AvgIpc) is 2.33. The molecule has 1 aliphatic rings. The van der Waals surface area contributed by atoms with Crippen molar-refractivity contribution in [1.82, 2.24) is 0 Å². The molecular formula is C13H17N3. The van der Waals surface area contributed by atoms with Crippen LogP contribution in [0.15, 0.2) is 24.3 Å². The minimum absolute atomic E-state index is 0.254. The predicted octanol–water partition coefficient (Wildman–Crippen LogP) is 2.24. The minimum atomic E-state index is 0.254. The average molecular weight is 215 g/mol. The fourth-order valence-electron chi connectivity index (χ4n) is 2.19. The van der Waals surface area contributed by atoms with Gasteiger partial charge in [0, 0.05) is 17.8 Å². The van der Waals surface area contributed by atoms with Gasteiger partial charge in [-0.25, -0.2) is 0 Å². The summed E-state index contributed by atoms with van der Waals surface area (Å²) in [5.41, 5.74) is 7.82. The molecule has 3 heteroatoms. The highest BCUT2D eigenvalue weighted by Crippen LogP contribution is 2.21. The second-order valence-corrected chi connectivity index (χ2v) is 4.39. The summed E-state index contributed by atoms with van der Waals surface area (Å²) in [5.74, 6) is 0. The van der Waals surface area contributed by atoms with E-state index in [-0.39, 0.29) is 6.04 Å². The van der Waals surface area contributed by atoms with Crippen LogP contribution in [0, 0.1) is 11.3 Å². The zero-order valence-electron chi connectivity index (χ0n) is 9.32. The quantitative estimate of drug-likeness (QED) is 0.795. The summed E-state index contributed by atoms with van der Waals surface area (Å²) < 4.78 is 0. The summed E-state index contributed by atoms with van der Waals surface area (Å²) in [6.07, 6.45) is 4.74. The zero-order chi connectivity index (χ0) is 11.4. The summed E-state index contributed by atoms with van der Waals surface area (Å²) in [6.45, 7) is 0. The Kier molecular flexibility index (Phi) is 3.43. The highest BCUT2D eigenvalue weighted by atomic mass is 15.0. The van der Waals surface area contributed by atoms with E-state index in [4.69, 9.17) is 11.0 Å². The van der Waals surface area contributed by atoms with Gasteiger partial charge in [0.25, 0.3) is 0 Å². The molecule has 2 rings (SSSR count). The summed E-state index contributed by atoms with van der Waals surface area (Å²) in [7, 11) is 0. The first-order valence-corrected chi connectivity index (χ1v) is 5.82. The van der Waals surface area contributed by atoms with E-state index in [1.807, 2.05) is 24.3 Å². The van der Waals surface area contributed by atoms with Crippen molar-refractivity contribution < 1.29 is 0 Å². The van der Waals surface area contributed by atoms with Crippen LogP contribution in [0.2, 0.25) is 0 Å². The van der Waals surface area contributed by atoms with Crippen molar-refractivity contribution >= 4 is 5.69 Å². The number of nitrogens with zero attached hydrogens (tertiary/aromatic N) is 1. The molecule has 3 N–H and O–H groups in total. The lowest BCUT2D eigenvalue weighted by Gasteiger charge is -2.30. The maximum absolute atomic E-state index is 8.70. The van der Waals surface area contributed by atoms with Gasteiger partial charge in [0.1, 0.15) is 0 Å². The van der Waals surface area contributed by atoms with E-state index in [9.17, 15) is 0 Å². The normalized spacial score (nSPS) is 24.8. The van der Waals surface area contributed by atoms with Gasteiger partial charge in [-0.15, -0.1) is 0 Å². The van der Waals surface area contributed by atoms with E-state index in [0.717, 1.165) is 18.5 Å². The van der Waals surface area contributed by atoms with Crippen LogP contribution in [-0.2, 0) is 0 Å². The fraction of sp³-hybridized carbons (Fsp3) is 0.462. The number of benzene rings is 1. The molecule has 0 aliphatic heterocycles. The third-order valence-electron chi connectivity index (χ3n) is 3.19. The zero-order valence-corrected chi connectivity index (χ0v) is 9.32. The highest BCUT2D eigenvalue weighted by molar-refractivity contribution is 5.48. The van der Waals surface area contributed by atoms with Gasteiger partial charge in [-0.3, -0.25) is 0 Å². The Morgan fingerprint density at radius 2 is 1.88 bits per heavy atom. The number of nitrogens with two attached hydrogens (primary N) is 1. The maximum atomic E-state index is 8.70. The van der Waals surface area contributed by atoms with Crippen LogP contribution in [0.25, 0.3) is 0 Å². The monoisotopic (exact) mass is 215 g/mol. The van der Waals surface area contributed by atoms with E-state index in [1.165, 1.54) is 12.8 Å². The minimum Gasteiger partial charge on any atom is -0.381 e. The first kappa shape index (κ1) is 11.0. The molecule has 84 valence electrons. The maximum Gasteiger partial charge on any atom is 0.0991 e. The van der Waals surface area contributed by atoms with Gasteiger partial charge in [-0.2, -0.15) is 5.26 Å². The molecule has 2 unspecified atom stereocenters. The van der Waals surface area contributed by atoms with E-state index < -0.39 is 0 Å². The molecule has 2 atom stereocenters. The van der Waals surface area contributed by atoms with Crippen LogP contribution in [0.4, 0.5) is 5.69 Å². The second kappa shape index (κ2) is 5.00. The lowest BCUT2D eigenvalue weighted by Crippen LogP contribution is -2.42. The van der Waals surface area contributed by atoms with Gasteiger partial charge in [-0.1, -0.05) is 12.8 Å². The van der Waals surface area contributed by atoms with Gasteiger partial charge < -0.3 is 11.1 Å². The Morgan fingerprint density at radius 3 is 2.50 bits per heavy atom. The number of hydrogen-bond donors (Lipinski definition) is 2. The third kappa shape index (κ3) is 2.53. The summed E-state index contributed by atoms with van der Waals surface area (Å²) in [4.78, 5) is 0. The first-order chi connectivity index (χ1) is 7.79. The molecule has 0 amide bonds. The van der Waals surface area contributed by atoms with Crippen LogP contribution in [-0.4, -0.2) is 12.1 Å². The van der Waals surface area contributed by atoms with Crippen molar-refractivity contribution in [2.24, 2.45) is 5.73 Å². The van der Waals surface area contributed by atoms with E-state index in [1.54, 1.807) is 0 Å². The van der Waals surface area contributed by atoms with Crippen molar-refractivity contribution in [1.29, 1.82) is 5.26 Å². The largest absolute Gasteiger partial charge is 0.381 e. The van der Waals surface area contributed by atoms with Crippen molar-refractivity contribution in [3.05, 3.63) is 29.8 Å². The van der Waals surface area contributed by atoms with Gasteiger partial charge in [0.2, 0.25) is 0 Å². The van der Waals surface area contributed by atoms with Crippen molar-refractivity contribution in [2.45, 2.75) is 37.8 Å². The Hall–Kier alpha value is -1.53. The molecule has 0 radical (unpaired) electrons. The molecule has 0 heterocycles. The SMILES string of the molecule is N#Cc1ccc(NC2CCCCC2N)cc1. The van der Waals surface area contributed by atoms with E-state index >= 15 is 0 Å². The fourth-order valence-corrected chi connectivity index (χ4v) is 2.19. The molecule has 3 nitrogen and oxygen atoms in total. The smallest absolute Gasteiger partial charge is 0.0991 e. The van der Waals surface area contributed by atoms with Gasteiger partial charge in [0.15, 0.2) is 0 Å². The molecule has 1 saturated carbocycles. The highest BCUT2D eigenvalue weighted by Gasteiger charge is 2.21. The number of anilines is 1. The number of nitrogens with one attached hydrogen (secondary N) is 1. The van der Waals surface area contributed by atoms with E-state index in [2.05, 4.69) is 11.4 Å². The predicted molar refractivity (Wildman–Crippen MR) is 65.0 cm³/mol. The Bertz CT molecular complexity index is 377. The molecule has 0 bridgehead atoms. The molecule has 1 aromatic carbocycles. The molecule has 0 saturated heterocycles. The van der Waals surface area contributed by atoms with Crippen LogP contribution >= 0.6 is 0 Å². The molecule has 16 heavy (non-hydrogen) atoms. The number of hydrogen-bond acceptors (Lipinski definition) is 3. The van der Waals surface area contributed by atoms with Crippen molar-refractivity contribution in [3.63, 3.8) is 0 Å². The standard InChI is InChI=1S/C13H17N3/c14-9-10-5-7-11(8-6-10)16-13-4-2-1-3-12(13)15/h5-8,12-13,16H,1-4,15H2. The van der Waals surface area contributed by atoms with Gasteiger partial charge in [0.05, 0.1) is 11.6 Å². The molecule has 1 aromatic rings.